The lowest BCUT2D eigenvalue weighted by Crippen LogP contribution is -2.52. The van der Waals surface area contributed by atoms with E-state index in [1.807, 2.05) is 13.0 Å². The molecule has 2 unspecified atom stereocenters. The third-order valence-electron chi connectivity index (χ3n) is 3.14. The van der Waals surface area contributed by atoms with Crippen LogP contribution in [0.25, 0.3) is 0 Å². The molecule has 1 amide bonds. The fourth-order valence-corrected chi connectivity index (χ4v) is 1.98. The van der Waals surface area contributed by atoms with Gasteiger partial charge in [0.25, 0.3) is 0 Å². The number of carbonyl (C=O) groups excluding carboxylic acids is 1. The van der Waals surface area contributed by atoms with E-state index in [0.717, 1.165) is 12.1 Å². The molecule has 2 rings (SSSR count). The standard InChI is InChI=1S/C13H18N2O/c1-8-4-5-11(6-9(8)2)12-13(16)15-10(3)7-14-12/h4-6,10,12,14H,7H2,1-3H3,(H,15,16). The molecule has 0 aromatic heterocycles. The van der Waals surface area contributed by atoms with Crippen LogP contribution >= 0.6 is 0 Å². The topological polar surface area (TPSA) is 41.1 Å². The fraction of sp³-hybridized carbons (Fsp3) is 0.462. The van der Waals surface area contributed by atoms with Crippen LogP contribution in [0.4, 0.5) is 0 Å². The average Bonchev–Trinajstić information content (AvgIpc) is 2.22. The Hall–Kier alpha value is -1.35. The maximum absolute atomic E-state index is 11.8. The number of nitrogens with one attached hydrogen (secondary N) is 2. The second-order valence-corrected chi connectivity index (χ2v) is 4.59. The third-order valence-corrected chi connectivity index (χ3v) is 3.14. The summed E-state index contributed by atoms with van der Waals surface area (Å²) in [4.78, 5) is 11.8. The molecule has 1 aromatic carbocycles. The molecule has 1 fully saturated rings. The van der Waals surface area contributed by atoms with Gasteiger partial charge in [-0.15, -0.1) is 0 Å². The Morgan fingerprint density at radius 1 is 1.25 bits per heavy atom. The first-order valence-corrected chi connectivity index (χ1v) is 5.69. The summed E-state index contributed by atoms with van der Waals surface area (Å²) in [7, 11) is 0. The van der Waals surface area contributed by atoms with Gasteiger partial charge in [0.05, 0.1) is 0 Å². The number of rotatable bonds is 1. The lowest BCUT2D eigenvalue weighted by Gasteiger charge is -2.28. The maximum atomic E-state index is 11.8. The minimum Gasteiger partial charge on any atom is -0.351 e. The summed E-state index contributed by atoms with van der Waals surface area (Å²) in [6.07, 6.45) is 0. The molecule has 2 N–H and O–H groups in total. The summed E-state index contributed by atoms with van der Waals surface area (Å²) in [5.41, 5.74) is 3.53. The van der Waals surface area contributed by atoms with Crippen LogP contribution in [0.1, 0.15) is 29.7 Å². The summed E-state index contributed by atoms with van der Waals surface area (Å²) < 4.78 is 0. The van der Waals surface area contributed by atoms with Gasteiger partial charge >= 0.3 is 0 Å². The third kappa shape index (κ3) is 2.09. The summed E-state index contributed by atoms with van der Waals surface area (Å²) in [5, 5.41) is 6.23. The molecule has 0 saturated carbocycles. The van der Waals surface area contributed by atoms with E-state index in [-0.39, 0.29) is 18.0 Å². The zero-order valence-electron chi connectivity index (χ0n) is 10.0. The van der Waals surface area contributed by atoms with E-state index in [9.17, 15) is 4.79 Å². The van der Waals surface area contributed by atoms with Crippen LogP contribution < -0.4 is 10.6 Å². The van der Waals surface area contributed by atoms with Crippen molar-refractivity contribution >= 4 is 5.91 Å². The lowest BCUT2D eigenvalue weighted by atomic mass is 9.99. The van der Waals surface area contributed by atoms with Crippen molar-refractivity contribution in [2.45, 2.75) is 32.9 Å². The molecule has 1 aliphatic heterocycles. The molecular formula is C13H18N2O. The fourth-order valence-electron chi connectivity index (χ4n) is 1.98. The Balaban J connectivity index is 2.24. The Bertz CT molecular complexity index is 414. The number of hydrogen-bond acceptors (Lipinski definition) is 2. The molecule has 3 heteroatoms. The van der Waals surface area contributed by atoms with E-state index in [4.69, 9.17) is 0 Å². The summed E-state index contributed by atoms with van der Waals surface area (Å²) in [6.45, 7) is 6.97. The molecule has 86 valence electrons. The number of aryl methyl sites for hydroxylation is 2. The maximum Gasteiger partial charge on any atom is 0.241 e. The van der Waals surface area contributed by atoms with E-state index in [0.29, 0.717) is 0 Å². The van der Waals surface area contributed by atoms with Crippen LogP contribution in [0.5, 0.6) is 0 Å². The van der Waals surface area contributed by atoms with Gasteiger partial charge in [-0.25, -0.2) is 0 Å². The van der Waals surface area contributed by atoms with Gasteiger partial charge in [-0.1, -0.05) is 18.2 Å². The van der Waals surface area contributed by atoms with Gasteiger partial charge < -0.3 is 10.6 Å². The minimum atomic E-state index is -0.199. The molecule has 2 atom stereocenters. The van der Waals surface area contributed by atoms with Crippen molar-refractivity contribution in [1.82, 2.24) is 10.6 Å². The summed E-state index contributed by atoms with van der Waals surface area (Å²) in [6, 6.07) is 6.20. The van der Waals surface area contributed by atoms with Crippen LogP contribution in [-0.2, 0) is 4.79 Å². The van der Waals surface area contributed by atoms with Crippen molar-refractivity contribution < 1.29 is 4.79 Å². The van der Waals surface area contributed by atoms with Crippen molar-refractivity contribution in [2.75, 3.05) is 6.54 Å². The highest BCUT2D eigenvalue weighted by Gasteiger charge is 2.26. The SMILES string of the molecule is Cc1ccc(C2NCC(C)NC2=O)cc1C. The molecule has 0 radical (unpaired) electrons. The first-order chi connectivity index (χ1) is 7.58. The second-order valence-electron chi connectivity index (χ2n) is 4.59. The van der Waals surface area contributed by atoms with Crippen molar-refractivity contribution in [3.05, 3.63) is 34.9 Å². The highest BCUT2D eigenvalue weighted by Crippen LogP contribution is 2.19. The number of carbonyl (C=O) groups is 1. The average molecular weight is 218 g/mol. The minimum absolute atomic E-state index is 0.0713. The first-order valence-electron chi connectivity index (χ1n) is 5.69. The van der Waals surface area contributed by atoms with Crippen LogP contribution in [-0.4, -0.2) is 18.5 Å². The van der Waals surface area contributed by atoms with Gasteiger partial charge in [0, 0.05) is 12.6 Å². The van der Waals surface area contributed by atoms with Crippen molar-refractivity contribution in [2.24, 2.45) is 0 Å². The van der Waals surface area contributed by atoms with Gasteiger partial charge in [-0.2, -0.15) is 0 Å². The summed E-state index contributed by atoms with van der Waals surface area (Å²) in [5.74, 6) is 0.0713. The Kier molecular flexibility index (Phi) is 2.97. The molecule has 1 aromatic rings. The molecule has 0 spiro atoms. The van der Waals surface area contributed by atoms with Gasteiger partial charge in [0.15, 0.2) is 0 Å². The Morgan fingerprint density at radius 3 is 2.62 bits per heavy atom. The quantitative estimate of drug-likeness (QED) is 0.749. The van der Waals surface area contributed by atoms with Gasteiger partial charge in [0.1, 0.15) is 6.04 Å². The smallest absolute Gasteiger partial charge is 0.241 e. The van der Waals surface area contributed by atoms with E-state index >= 15 is 0 Å². The molecule has 0 aliphatic carbocycles. The zero-order chi connectivity index (χ0) is 11.7. The molecule has 1 aliphatic rings. The Labute approximate surface area is 96.2 Å². The predicted molar refractivity (Wildman–Crippen MR) is 64.3 cm³/mol. The van der Waals surface area contributed by atoms with Gasteiger partial charge in [0.2, 0.25) is 5.91 Å². The molecule has 16 heavy (non-hydrogen) atoms. The number of amides is 1. The van der Waals surface area contributed by atoms with Crippen molar-refractivity contribution in [3.8, 4) is 0 Å². The zero-order valence-corrected chi connectivity index (χ0v) is 10.0. The van der Waals surface area contributed by atoms with Crippen LogP contribution in [0.15, 0.2) is 18.2 Å². The molecule has 0 bridgehead atoms. The Morgan fingerprint density at radius 2 is 2.00 bits per heavy atom. The second kappa shape index (κ2) is 4.26. The number of hydrogen-bond donors (Lipinski definition) is 2. The predicted octanol–water partition coefficient (Wildman–Crippen LogP) is 1.45. The molecule has 3 nitrogen and oxygen atoms in total. The molecule has 1 heterocycles. The lowest BCUT2D eigenvalue weighted by molar-refractivity contribution is -0.125. The van der Waals surface area contributed by atoms with Crippen LogP contribution in [0.3, 0.4) is 0 Å². The number of benzene rings is 1. The van der Waals surface area contributed by atoms with E-state index in [2.05, 4.69) is 36.6 Å². The highest BCUT2D eigenvalue weighted by molar-refractivity contribution is 5.84. The van der Waals surface area contributed by atoms with E-state index in [1.54, 1.807) is 0 Å². The summed E-state index contributed by atoms with van der Waals surface area (Å²) >= 11 is 0. The van der Waals surface area contributed by atoms with Gasteiger partial charge in [-0.05, 0) is 37.5 Å². The number of piperazine rings is 1. The van der Waals surface area contributed by atoms with Crippen LogP contribution in [0, 0.1) is 13.8 Å². The molecule has 1 saturated heterocycles. The highest BCUT2D eigenvalue weighted by atomic mass is 16.2. The normalized spacial score (nSPS) is 25.3. The van der Waals surface area contributed by atoms with Crippen LogP contribution in [0.2, 0.25) is 0 Å². The monoisotopic (exact) mass is 218 g/mol. The van der Waals surface area contributed by atoms with Crippen molar-refractivity contribution in [3.63, 3.8) is 0 Å². The first kappa shape index (κ1) is 11.1. The van der Waals surface area contributed by atoms with E-state index in [1.165, 1.54) is 11.1 Å². The van der Waals surface area contributed by atoms with E-state index < -0.39 is 0 Å². The van der Waals surface area contributed by atoms with Crippen molar-refractivity contribution in [1.29, 1.82) is 0 Å². The van der Waals surface area contributed by atoms with Gasteiger partial charge in [-0.3, -0.25) is 4.79 Å². The largest absolute Gasteiger partial charge is 0.351 e. The molecular weight excluding hydrogens is 200 g/mol.